The Bertz CT molecular complexity index is 1010. The second-order valence-electron chi connectivity index (χ2n) is 7.09. The van der Waals surface area contributed by atoms with E-state index in [1.807, 2.05) is 18.2 Å². The average Bonchev–Trinajstić information content (AvgIpc) is 2.76. The highest BCUT2D eigenvalue weighted by atomic mass is 35.5. The van der Waals surface area contributed by atoms with Crippen molar-refractivity contribution >= 4 is 40.6 Å². The number of aromatic nitrogens is 2. The van der Waals surface area contributed by atoms with Crippen LogP contribution in [0.25, 0.3) is 0 Å². The largest absolute Gasteiger partial charge is 0.494 e. The molecule has 0 atom stereocenters. The lowest BCUT2D eigenvalue weighted by Gasteiger charge is -2.28. The van der Waals surface area contributed by atoms with E-state index in [9.17, 15) is 4.39 Å². The van der Waals surface area contributed by atoms with Crippen molar-refractivity contribution in [2.45, 2.75) is 19.3 Å². The quantitative estimate of drug-likeness (QED) is 0.521. The molecule has 2 heterocycles. The number of methoxy groups -OCH3 is 1. The molecular formula is C22H23ClFN5O. The van der Waals surface area contributed by atoms with E-state index in [0.717, 1.165) is 37.4 Å². The molecular weight excluding hydrogens is 405 g/mol. The summed E-state index contributed by atoms with van der Waals surface area (Å²) in [4.78, 5) is 11.5. The molecule has 1 saturated heterocycles. The number of hydrogen-bond donors (Lipinski definition) is 2. The van der Waals surface area contributed by atoms with Gasteiger partial charge in [-0.1, -0.05) is 11.6 Å². The van der Waals surface area contributed by atoms with Crippen LogP contribution in [0.3, 0.4) is 0 Å². The molecule has 8 heteroatoms. The third-order valence-electron chi connectivity index (χ3n) is 4.92. The first-order valence-corrected chi connectivity index (χ1v) is 10.3. The van der Waals surface area contributed by atoms with Crippen LogP contribution in [0.1, 0.15) is 19.3 Å². The Morgan fingerprint density at radius 3 is 2.37 bits per heavy atom. The zero-order chi connectivity index (χ0) is 20.9. The fraction of sp³-hybridized carbons (Fsp3) is 0.273. The van der Waals surface area contributed by atoms with Gasteiger partial charge in [-0.05, 0) is 55.7 Å². The summed E-state index contributed by atoms with van der Waals surface area (Å²) in [7, 11) is 1.44. The Kier molecular flexibility index (Phi) is 6.18. The van der Waals surface area contributed by atoms with Gasteiger partial charge in [0, 0.05) is 41.6 Å². The van der Waals surface area contributed by atoms with Gasteiger partial charge in [0.15, 0.2) is 11.6 Å². The molecule has 1 aliphatic rings. The second-order valence-corrected chi connectivity index (χ2v) is 7.53. The van der Waals surface area contributed by atoms with Gasteiger partial charge < -0.3 is 20.3 Å². The van der Waals surface area contributed by atoms with Gasteiger partial charge in [-0.15, -0.1) is 0 Å². The van der Waals surface area contributed by atoms with E-state index in [1.54, 1.807) is 24.3 Å². The minimum absolute atomic E-state index is 0.197. The zero-order valence-corrected chi connectivity index (χ0v) is 17.4. The Morgan fingerprint density at radius 1 is 0.933 bits per heavy atom. The smallest absolute Gasteiger partial charge is 0.231 e. The first-order valence-electron chi connectivity index (χ1n) is 9.88. The van der Waals surface area contributed by atoms with Gasteiger partial charge in [0.25, 0.3) is 0 Å². The normalized spacial score (nSPS) is 13.8. The first kappa shape index (κ1) is 20.2. The number of rotatable bonds is 6. The molecule has 1 fully saturated rings. The van der Waals surface area contributed by atoms with E-state index < -0.39 is 5.82 Å². The summed E-state index contributed by atoms with van der Waals surface area (Å²) in [6.45, 7) is 1.90. The number of hydrogen-bond acceptors (Lipinski definition) is 6. The monoisotopic (exact) mass is 427 g/mol. The summed E-state index contributed by atoms with van der Waals surface area (Å²) in [6, 6.07) is 13.9. The lowest BCUT2D eigenvalue weighted by molar-refractivity contribution is 0.386. The molecule has 0 radical (unpaired) electrons. The molecule has 2 aromatic carbocycles. The van der Waals surface area contributed by atoms with Gasteiger partial charge in [0.2, 0.25) is 5.95 Å². The molecule has 3 aromatic rings. The van der Waals surface area contributed by atoms with Crippen LogP contribution in [-0.2, 0) is 0 Å². The van der Waals surface area contributed by atoms with Crippen molar-refractivity contribution in [1.29, 1.82) is 0 Å². The van der Waals surface area contributed by atoms with Gasteiger partial charge in [-0.3, -0.25) is 0 Å². The van der Waals surface area contributed by atoms with Gasteiger partial charge >= 0.3 is 0 Å². The Hall–Kier alpha value is -3.06. The lowest BCUT2D eigenvalue weighted by atomic mass is 10.1. The number of benzene rings is 2. The van der Waals surface area contributed by atoms with E-state index in [0.29, 0.717) is 22.5 Å². The maximum absolute atomic E-state index is 14.1. The Balaban J connectivity index is 1.63. The van der Waals surface area contributed by atoms with Crippen molar-refractivity contribution in [2.24, 2.45) is 0 Å². The third-order valence-corrected chi connectivity index (χ3v) is 5.17. The molecule has 1 aromatic heterocycles. The molecule has 30 heavy (non-hydrogen) atoms. The molecule has 156 valence electrons. The van der Waals surface area contributed by atoms with E-state index in [2.05, 4.69) is 20.5 Å². The number of nitrogens with one attached hydrogen (secondary N) is 2. The highest BCUT2D eigenvalue weighted by Crippen LogP contribution is 2.27. The van der Waals surface area contributed by atoms with Crippen LogP contribution in [0.5, 0.6) is 5.75 Å². The molecule has 0 bridgehead atoms. The van der Waals surface area contributed by atoms with Gasteiger partial charge in [0.1, 0.15) is 11.6 Å². The lowest BCUT2D eigenvalue weighted by Crippen LogP contribution is -2.30. The summed E-state index contributed by atoms with van der Waals surface area (Å²) in [6.07, 6.45) is 3.50. The topological polar surface area (TPSA) is 62.3 Å². The fourth-order valence-electron chi connectivity index (χ4n) is 3.39. The average molecular weight is 428 g/mol. The molecule has 1 aliphatic heterocycles. The number of nitrogens with zero attached hydrogens (tertiary/aromatic N) is 3. The van der Waals surface area contributed by atoms with E-state index in [-0.39, 0.29) is 5.75 Å². The molecule has 4 rings (SSSR count). The van der Waals surface area contributed by atoms with E-state index >= 15 is 0 Å². The molecule has 0 spiro atoms. The maximum Gasteiger partial charge on any atom is 0.231 e. The number of ether oxygens (including phenoxy) is 1. The molecule has 0 aliphatic carbocycles. The highest BCUT2D eigenvalue weighted by Gasteiger charge is 2.15. The van der Waals surface area contributed by atoms with Crippen LogP contribution in [0.2, 0.25) is 5.02 Å². The van der Waals surface area contributed by atoms with Crippen molar-refractivity contribution in [3.8, 4) is 5.75 Å². The molecule has 0 unspecified atom stereocenters. The minimum Gasteiger partial charge on any atom is -0.494 e. The van der Waals surface area contributed by atoms with Crippen LogP contribution < -0.4 is 20.3 Å². The fourth-order valence-corrected chi connectivity index (χ4v) is 3.52. The van der Waals surface area contributed by atoms with Crippen molar-refractivity contribution < 1.29 is 9.13 Å². The third kappa shape index (κ3) is 4.91. The second kappa shape index (κ2) is 9.17. The molecule has 0 amide bonds. The van der Waals surface area contributed by atoms with Crippen molar-refractivity contribution in [1.82, 2.24) is 9.97 Å². The van der Waals surface area contributed by atoms with Crippen molar-refractivity contribution in [3.63, 3.8) is 0 Å². The van der Waals surface area contributed by atoms with Crippen LogP contribution in [-0.4, -0.2) is 30.2 Å². The minimum atomic E-state index is -0.438. The zero-order valence-electron chi connectivity index (χ0n) is 16.7. The van der Waals surface area contributed by atoms with E-state index in [4.69, 9.17) is 21.3 Å². The molecule has 2 N–H and O–H groups in total. The summed E-state index contributed by atoms with van der Waals surface area (Å²) in [5, 5.41) is 7.06. The van der Waals surface area contributed by atoms with Crippen molar-refractivity contribution in [2.75, 3.05) is 35.7 Å². The Labute approximate surface area is 180 Å². The predicted molar refractivity (Wildman–Crippen MR) is 119 cm³/mol. The summed E-state index contributed by atoms with van der Waals surface area (Å²) in [5.74, 6) is 1.62. The van der Waals surface area contributed by atoms with Gasteiger partial charge in [-0.25, -0.2) is 4.39 Å². The standard InChI is InChI=1S/C22H23ClFN5O/c1-30-19-10-9-17(13-18(19)24)25-20-14-21(29-11-3-2-4-12-29)28-22(27-20)26-16-7-5-15(23)6-8-16/h5-10,13-14H,2-4,11-12H2,1H3,(H2,25,26,27,28). The summed E-state index contributed by atoms with van der Waals surface area (Å²) < 4.78 is 19.1. The van der Waals surface area contributed by atoms with Crippen LogP contribution >= 0.6 is 11.6 Å². The van der Waals surface area contributed by atoms with Crippen LogP contribution in [0.4, 0.5) is 33.3 Å². The molecule has 6 nitrogen and oxygen atoms in total. The summed E-state index contributed by atoms with van der Waals surface area (Å²) in [5.41, 5.74) is 1.41. The summed E-state index contributed by atoms with van der Waals surface area (Å²) >= 11 is 5.98. The van der Waals surface area contributed by atoms with E-state index in [1.165, 1.54) is 19.6 Å². The molecule has 0 saturated carbocycles. The van der Waals surface area contributed by atoms with Crippen LogP contribution in [0.15, 0.2) is 48.5 Å². The maximum atomic E-state index is 14.1. The predicted octanol–water partition coefficient (Wildman–Crippen LogP) is 5.76. The highest BCUT2D eigenvalue weighted by molar-refractivity contribution is 6.30. The van der Waals surface area contributed by atoms with Crippen molar-refractivity contribution in [3.05, 3.63) is 59.4 Å². The number of piperidine rings is 1. The van der Waals surface area contributed by atoms with Gasteiger partial charge in [0.05, 0.1) is 7.11 Å². The van der Waals surface area contributed by atoms with Gasteiger partial charge in [-0.2, -0.15) is 9.97 Å². The van der Waals surface area contributed by atoms with Crippen LogP contribution in [0, 0.1) is 5.82 Å². The SMILES string of the molecule is COc1ccc(Nc2cc(N3CCCCC3)nc(Nc3ccc(Cl)cc3)n2)cc1F. The number of anilines is 5. The number of halogens is 2. The first-order chi connectivity index (χ1) is 14.6. The Morgan fingerprint density at radius 2 is 1.67 bits per heavy atom.